The molecular weight excluding hydrogens is 234 g/mol. The van der Waals surface area contributed by atoms with E-state index in [2.05, 4.69) is 53.4 Å². The van der Waals surface area contributed by atoms with E-state index in [4.69, 9.17) is 0 Å². The smallest absolute Gasteiger partial charge is 0.0429 e. The van der Waals surface area contributed by atoms with Crippen molar-refractivity contribution in [2.45, 2.75) is 25.8 Å². The molecule has 106 valence electrons. The normalized spacial score (nSPS) is 21.4. The highest BCUT2D eigenvalue weighted by Gasteiger charge is 2.23. The fourth-order valence-corrected chi connectivity index (χ4v) is 2.88. The Balaban J connectivity index is 2.14. The first-order valence-electron chi connectivity index (χ1n) is 7.37. The van der Waals surface area contributed by atoms with Crippen LogP contribution in [0.5, 0.6) is 0 Å². The van der Waals surface area contributed by atoms with Gasteiger partial charge in [-0.05, 0) is 59.1 Å². The Morgan fingerprint density at radius 2 is 1.95 bits per heavy atom. The second-order valence-corrected chi connectivity index (χ2v) is 5.69. The van der Waals surface area contributed by atoms with Gasteiger partial charge in [0.15, 0.2) is 0 Å². The van der Waals surface area contributed by atoms with Crippen LogP contribution in [0.4, 0.5) is 5.69 Å². The van der Waals surface area contributed by atoms with E-state index in [0.29, 0.717) is 6.04 Å². The Bertz CT molecular complexity index is 374. The zero-order chi connectivity index (χ0) is 13.7. The molecule has 1 saturated heterocycles. The van der Waals surface area contributed by atoms with Crippen molar-refractivity contribution in [3.63, 3.8) is 0 Å². The lowest BCUT2D eigenvalue weighted by atomic mass is 10.1. The third-order valence-corrected chi connectivity index (χ3v) is 4.00. The van der Waals surface area contributed by atoms with E-state index >= 15 is 0 Å². The lowest BCUT2D eigenvalue weighted by molar-refractivity contribution is 0.324. The van der Waals surface area contributed by atoms with E-state index < -0.39 is 0 Å². The summed E-state index contributed by atoms with van der Waals surface area (Å²) in [6.07, 6.45) is 2.45. The summed E-state index contributed by atoms with van der Waals surface area (Å²) in [4.78, 5) is 5.06. The maximum Gasteiger partial charge on any atom is 0.0429 e. The van der Waals surface area contributed by atoms with Gasteiger partial charge in [-0.1, -0.05) is 17.7 Å². The van der Waals surface area contributed by atoms with Crippen LogP contribution in [0.15, 0.2) is 24.3 Å². The molecule has 0 spiro atoms. The standard InChI is InChI=1S/C16H27N3/c1-14-5-7-15(8-6-14)19-12-4-11-18(3)13-16(19)9-10-17-2/h5-8,16-17H,4,9-13H2,1-3H3. The van der Waals surface area contributed by atoms with Crippen molar-refractivity contribution in [1.82, 2.24) is 10.2 Å². The van der Waals surface area contributed by atoms with Crippen LogP contribution in [0.1, 0.15) is 18.4 Å². The maximum absolute atomic E-state index is 3.29. The summed E-state index contributed by atoms with van der Waals surface area (Å²) in [7, 11) is 4.28. The van der Waals surface area contributed by atoms with Gasteiger partial charge in [-0.25, -0.2) is 0 Å². The number of aryl methyl sites for hydroxylation is 1. The zero-order valence-electron chi connectivity index (χ0n) is 12.5. The molecule has 0 radical (unpaired) electrons. The Hall–Kier alpha value is -1.06. The van der Waals surface area contributed by atoms with Crippen LogP contribution in [-0.4, -0.2) is 51.2 Å². The van der Waals surface area contributed by atoms with Gasteiger partial charge in [-0.3, -0.25) is 0 Å². The number of anilines is 1. The summed E-state index contributed by atoms with van der Waals surface area (Å²) in [6.45, 7) is 6.77. The first-order chi connectivity index (χ1) is 9.20. The van der Waals surface area contributed by atoms with Crippen LogP contribution >= 0.6 is 0 Å². The molecule has 0 aliphatic carbocycles. The van der Waals surface area contributed by atoms with E-state index in [1.807, 2.05) is 7.05 Å². The number of nitrogens with one attached hydrogen (secondary N) is 1. The van der Waals surface area contributed by atoms with Crippen LogP contribution < -0.4 is 10.2 Å². The van der Waals surface area contributed by atoms with Gasteiger partial charge in [-0.2, -0.15) is 0 Å². The fourth-order valence-electron chi connectivity index (χ4n) is 2.88. The average molecular weight is 261 g/mol. The molecule has 3 nitrogen and oxygen atoms in total. The molecular formula is C16H27N3. The minimum atomic E-state index is 0.614. The minimum absolute atomic E-state index is 0.614. The van der Waals surface area contributed by atoms with Crippen molar-refractivity contribution >= 4 is 5.69 Å². The lowest BCUT2D eigenvalue weighted by Crippen LogP contribution is -2.41. The number of hydrogen-bond acceptors (Lipinski definition) is 3. The van der Waals surface area contributed by atoms with Crippen molar-refractivity contribution in [3.8, 4) is 0 Å². The molecule has 1 N–H and O–H groups in total. The van der Waals surface area contributed by atoms with Crippen molar-refractivity contribution in [2.24, 2.45) is 0 Å². The Labute approximate surface area is 117 Å². The van der Waals surface area contributed by atoms with E-state index in [-0.39, 0.29) is 0 Å². The van der Waals surface area contributed by atoms with Gasteiger partial charge in [-0.15, -0.1) is 0 Å². The molecule has 3 heteroatoms. The second-order valence-electron chi connectivity index (χ2n) is 5.69. The van der Waals surface area contributed by atoms with Crippen molar-refractivity contribution in [1.29, 1.82) is 0 Å². The van der Waals surface area contributed by atoms with Crippen LogP contribution in [0.25, 0.3) is 0 Å². The van der Waals surface area contributed by atoms with Crippen molar-refractivity contribution in [3.05, 3.63) is 29.8 Å². The number of likely N-dealkylation sites (N-methyl/N-ethyl adjacent to an activating group) is 1. The van der Waals surface area contributed by atoms with E-state index in [1.54, 1.807) is 0 Å². The van der Waals surface area contributed by atoms with E-state index in [0.717, 1.165) is 13.1 Å². The maximum atomic E-state index is 3.29. The first-order valence-corrected chi connectivity index (χ1v) is 7.37. The predicted molar refractivity (Wildman–Crippen MR) is 83.0 cm³/mol. The summed E-state index contributed by atoms with van der Waals surface area (Å²) in [5.41, 5.74) is 2.71. The van der Waals surface area contributed by atoms with Gasteiger partial charge in [0.25, 0.3) is 0 Å². The van der Waals surface area contributed by atoms with E-state index in [9.17, 15) is 0 Å². The summed E-state index contributed by atoms with van der Waals surface area (Å²) in [5.74, 6) is 0. The molecule has 1 atom stereocenters. The van der Waals surface area contributed by atoms with Gasteiger partial charge >= 0.3 is 0 Å². The van der Waals surface area contributed by atoms with E-state index in [1.165, 1.54) is 37.2 Å². The third-order valence-electron chi connectivity index (χ3n) is 4.00. The fraction of sp³-hybridized carbons (Fsp3) is 0.625. The molecule has 0 amide bonds. The Morgan fingerprint density at radius 3 is 2.63 bits per heavy atom. The summed E-state index contributed by atoms with van der Waals surface area (Å²) in [5, 5.41) is 3.29. The topological polar surface area (TPSA) is 18.5 Å². The number of hydrogen-bond donors (Lipinski definition) is 1. The molecule has 2 rings (SSSR count). The largest absolute Gasteiger partial charge is 0.367 e. The van der Waals surface area contributed by atoms with Crippen LogP contribution in [0, 0.1) is 6.92 Å². The summed E-state index contributed by atoms with van der Waals surface area (Å²) in [6, 6.07) is 9.60. The highest BCUT2D eigenvalue weighted by atomic mass is 15.2. The van der Waals surface area contributed by atoms with Crippen LogP contribution in [0.3, 0.4) is 0 Å². The van der Waals surface area contributed by atoms with Gasteiger partial charge in [0.1, 0.15) is 0 Å². The molecule has 1 aliphatic heterocycles. The molecule has 0 bridgehead atoms. The second kappa shape index (κ2) is 6.92. The van der Waals surface area contributed by atoms with Gasteiger partial charge in [0, 0.05) is 24.8 Å². The van der Waals surface area contributed by atoms with Gasteiger partial charge in [0.2, 0.25) is 0 Å². The number of rotatable bonds is 4. The Kier molecular flexibility index (Phi) is 5.23. The van der Waals surface area contributed by atoms with Gasteiger partial charge < -0.3 is 15.1 Å². The average Bonchev–Trinajstić information content (AvgIpc) is 2.59. The SMILES string of the molecule is CNCCC1CN(C)CCCN1c1ccc(C)cc1. The van der Waals surface area contributed by atoms with Gasteiger partial charge in [0.05, 0.1) is 0 Å². The monoisotopic (exact) mass is 261 g/mol. The summed E-state index contributed by atoms with van der Waals surface area (Å²) >= 11 is 0. The molecule has 1 aliphatic rings. The third kappa shape index (κ3) is 3.95. The van der Waals surface area contributed by atoms with Crippen LogP contribution in [0.2, 0.25) is 0 Å². The molecule has 1 heterocycles. The molecule has 1 fully saturated rings. The molecule has 1 aromatic carbocycles. The molecule has 19 heavy (non-hydrogen) atoms. The molecule has 1 aromatic rings. The summed E-state index contributed by atoms with van der Waals surface area (Å²) < 4.78 is 0. The molecule has 0 saturated carbocycles. The lowest BCUT2D eigenvalue weighted by Gasteiger charge is -2.33. The minimum Gasteiger partial charge on any atom is -0.367 e. The van der Waals surface area contributed by atoms with Crippen molar-refractivity contribution in [2.75, 3.05) is 45.2 Å². The highest BCUT2D eigenvalue weighted by Crippen LogP contribution is 2.22. The number of nitrogens with zero attached hydrogens (tertiary/aromatic N) is 2. The molecule has 1 unspecified atom stereocenters. The number of benzene rings is 1. The quantitative estimate of drug-likeness (QED) is 0.895. The zero-order valence-corrected chi connectivity index (χ0v) is 12.5. The highest BCUT2D eigenvalue weighted by molar-refractivity contribution is 5.48. The van der Waals surface area contributed by atoms with Crippen LogP contribution in [-0.2, 0) is 0 Å². The Morgan fingerprint density at radius 1 is 1.21 bits per heavy atom. The molecule has 0 aromatic heterocycles. The predicted octanol–water partition coefficient (Wildman–Crippen LogP) is 2.12. The first kappa shape index (κ1) is 14.4. The van der Waals surface area contributed by atoms with Crippen molar-refractivity contribution < 1.29 is 0 Å².